The van der Waals surface area contributed by atoms with E-state index in [0.717, 1.165) is 29.1 Å². The Morgan fingerprint density at radius 1 is 1.06 bits per heavy atom. The number of benzene rings is 1. The molecule has 0 aliphatic carbocycles. The van der Waals surface area contributed by atoms with E-state index in [4.69, 9.17) is 9.47 Å². The monoisotopic (exact) mass is 475 g/mol. The summed E-state index contributed by atoms with van der Waals surface area (Å²) in [5.74, 6) is -5.84. The van der Waals surface area contributed by atoms with Gasteiger partial charge in [0.05, 0.1) is 22.6 Å². The number of aryl methyl sites for hydroxylation is 1. The van der Waals surface area contributed by atoms with Crippen molar-refractivity contribution in [1.29, 1.82) is 0 Å². The third-order valence-electron chi connectivity index (χ3n) is 3.87. The lowest BCUT2D eigenvalue weighted by molar-refractivity contribution is -0.119. The van der Waals surface area contributed by atoms with Gasteiger partial charge in [0.1, 0.15) is 5.00 Å². The molecule has 2 aromatic rings. The van der Waals surface area contributed by atoms with Crippen molar-refractivity contribution in [2.45, 2.75) is 30.9 Å². The minimum absolute atomic E-state index is 0.127. The van der Waals surface area contributed by atoms with Crippen LogP contribution >= 0.6 is 11.3 Å². The number of carbonyl (C=O) groups is 3. The van der Waals surface area contributed by atoms with Gasteiger partial charge >= 0.3 is 17.7 Å². The summed E-state index contributed by atoms with van der Waals surface area (Å²) in [7, 11) is -4.78. The second kappa shape index (κ2) is 10.4. The van der Waals surface area contributed by atoms with E-state index in [0.29, 0.717) is 6.42 Å². The van der Waals surface area contributed by atoms with Gasteiger partial charge in [-0.05, 0) is 43.7 Å². The summed E-state index contributed by atoms with van der Waals surface area (Å²) in [5, 5.41) is 2.75. The van der Waals surface area contributed by atoms with Gasteiger partial charge in [-0.15, -0.1) is 11.3 Å². The van der Waals surface area contributed by atoms with Crippen LogP contribution in [-0.4, -0.2) is 45.2 Å². The second-order valence-corrected chi connectivity index (χ2v) is 9.04. The van der Waals surface area contributed by atoms with Crippen LogP contribution < -0.4 is 5.32 Å². The summed E-state index contributed by atoms with van der Waals surface area (Å²) in [6, 6.07) is 5.31. The van der Waals surface area contributed by atoms with Gasteiger partial charge in [0.2, 0.25) is 9.84 Å². The number of anilines is 1. The molecule has 0 fully saturated rings. The fraction of sp³-hybridized carbons (Fsp3) is 0.316. The zero-order valence-electron chi connectivity index (χ0n) is 16.5. The third-order valence-corrected chi connectivity index (χ3v) is 6.46. The van der Waals surface area contributed by atoms with Gasteiger partial charge < -0.3 is 14.8 Å². The van der Waals surface area contributed by atoms with Crippen molar-refractivity contribution in [2.75, 3.05) is 18.5 Å². The summed E-state index contributed by atoms with van der Waals surface area (Å²) in [6.45, 7) is 3.01. The molecule has 0 radical (unpaired) electrons. The molecule has 1 aromatic heterocycles. The number of amides is 1. The molecule has 0 unspecified atom stereocenters. The first-order valence-corrected chi connectivity index (χ1v) is 11.3. The number of esters is 2. The predicted octanol–water partition coefficient (Wildman–Crippen LogP) is 3.28. The quantitative estimate of drug-likeness (QED) is 0.553. The molecule has 2 rings (SSSR count). The van der Waals surface area contributed by atoms with Crippen molar-refractivity contribution in [1.82, 2.24) is 0 Å². The number of carbonyl (C=O) groups excluding carboxylic acids is 3. The zero-order valence-corrected chi connectivity index (χ0v) is 18.1. The molecule has 12 heteroatoms. The predicted molar refractivity (Wildman–Crippen MR) is 108 cm³/mol. The molecule has 1 amide bonds. The van der Waals surface area contributed by atoms with Gasteiger partial charge in [-0.2, -0.15) is 8.78 Å². The van der Waals surface area contributed by atoms with E-state index in [1.54, 1.807) is 13.0 Å². The Hall–Kier alpha value is -2.86. The second-order valence-electron chi connectivity index (χ2n) is 5.98. The van der Waals surface area contributed by atoms with Gasteiger partial charge in [0.15, 0.2) is 6.61 Å². The van der Waals surface area contributed by atoms with Crippen molar-refractivity contribution < 1.29 is 41.1 Å². The number of thiophene rings is 1. The molecule has 1 heterocycles. The van der Waals surface area contributed by atoms with Crippen molar-refractivity contribution in [3.8, 4) is 0 Å². The molecule has 1 aromatic carbocycles. The van der Waals surface area contributed by atoms with Gasteiger partial charge in [0, 0.05) is 4.88 Å². The maximum Gasteiger partial charge on any atom is 0.341 e. The first-order chi connectivity index (χ1) is 14.6. The molecule has 1 N–H and O–H groups in total. The van der Waals surface area contributed by atoms with E-state index in [9.17, 15) is 31.6 Å². The highest BCUT2D eigenvalue weighted by molar-refractivity contribution is 7.91. The highest BCUT2D eigenvalue weighted by Gasteiger charge is 2.26. The topological polar surface area (TPSA) is 116 Å². The minimum atomic E-state index is -4.78. The number of hydrogen-bond acceptors (Lipinski definition) is 8. The van der Waals surface area contributed by atoms with Crippen LogP contribution in [0.25, 0.3) is 0 Å². The number of halogens is 2. The number of rotatable bonds is 9. The lowest BCUT2D eigenvalue weighted by Crippen LogP contribution is -2.21. The largest absolute Gasteiger partial charge is 0.462 e. The minimum Gasteiger partial charge on any atom is -0.462 e. The van der Waals surface area contributed by atoms with Crippen LogP contribution in [0.15, 0.2) is 35.2 Å². The number of alkyl halides is 2. The lowest BCUT2D eigenvalue weighted by atomic mass is 10.2. The molecule has 168 valence electrons. The third kappa shape index (κ3) is 6.07. The molecular weight excluding hydrogens is 456 g/mol. The Labute approximate surface area is 181 Å². The molecule has 0 bridgehead atoms. The fourth-order valence-corrected chi connectivity index (χ4v) is 4.05. The van der Waals surface area contributed by atoms with E-state index < -0.39 is 44.9 Å². The first-order valence-electron chi connectivity index (χ1n) is 8.99. The smallest absolute Gasteiger partial charge is 0.341 e. The van der Waals surface area contributed by atoms with Crippen molar-refractivity contribution in [3.63, 3.8) is 0 Å². The zero-order chi connectivity index (χ0) is 23.2. The standard InChI is InChI=1S/C19H19F2NO7S2/c1-3-12-9-14(18(25)28-4-2)16(30-12)22-15(23)10-29-17(24)11-5-7-13(8-6-11)31(26,27)19(20)21/h5-9,19H,3-4,10H2,1-2H3,(H,22,23). The van der Waals surface area contributed by atoms with E-state index >= 15 is 0 Å². The molecule has 0 aliphatic rings. The van der Waals surface area contributed by atoms with Gasteiger partial charge in [-0.25, -0.2) is 18.0 Å². The Kier molecular flexibility index (Phi) is 8.22. The summed E-state index contributed by atoms with van der Waals surface area (Å²) in [5.41, 5.74) is 0.0665. The summed E-state index contributed by atoms with van der Waals surface area (Å²) in [6.07, 6.45) is 0.638. The summed E-state index contributed by atoms with van der Waals surface area (Å²) < 4.78 is 57.7. The highest BCUT2D eigenvalue weighted by Crippen LogP contribution is 2.29. The molecule has 0 aliphatic heterocycles. The maximum atomic E-state index is 12.5. The Morgan fingerprint density at radius 3 is 2.26 bits per heavy atom. The Bertz CT molecular complexity index is 1060. The van der Waals surface area contributed by atoms with E-state index in [2.05, 4.69) is 5.32 Å². The van der Waals surface area contributed by atoms with Crippen LogP contribution in [0.5, 0.6) is 0 Å². The average Bonchev–Trinajstić information content (AvgIpc) is 3.15. The molecule has 31 heavy (non-hydrogen) atoms. The number of sulfone groups is 1. The highest BCUT2D eigenvalue weighted by atomic mass is 32.2. The average molecular weight is 475 g/mol. The maximum absolute atomic E-state index is 12.5. The van der Waals surface area contributed by atoms with Crippen molar-refractivity contribution in [2.24, 2.45) is 0 Å². The number of ether oxygens (including phenoxy) is 2. The van der Waals surface area contributed by atoms with Crippen molar-refractivity contribution >= 4 is 44.0 Å². The van der Waals surface area contributed by atoms with Gasteiger partial charge in [-0.1, -0.05) is 6.92 Å². The van der Waals surface area contributed by atoms with Crippen molar-refractivity contribution in [3.05, 3.63) is 46.3 Å². The summed E-state index contributed by atoms with van der Waals surface area (Å²) in [4.78, 5) is 36.4. The fourth-order valence-electron chi connectivity index (χ4n) is 2.33. The molecular formula is C19H19F2NO7S2. The van der Waals surface area contributed by atoms with E-state index in [1.165, 1.54) is 11.3 Å². The molecule has 8 nitrogen and oxygen atoms in total. The van der Waals surface area contributed by atoms with Crippen LogP contribution in [0.2, 0.25) is 0 Å². The van der Waals surface area contributed by atoms with Crippen LogP contribution in [0.4, 0.5) is 13.8 Å². The van der Waals surface area contributed by atoms with Crippen LogP contribution in [0.1, 0.15) is 39.4 Å². The van der Waals surface area contributed by atoms with Crippen LogP contribution in [0.3, 0.4) is 0 Å². The lowest BCUT2D eigenvalue weighted by Gasteiger charge is -2.08. The normalized spacial score (nSPS) is 11.3. The SMILES string of the molecule is CCOC(=O)c1cc(CC)sc1NC(=O)COC(=O)c1ccc(S(=O)(=O)C(F)F)cc1. The van der Waals surface area contributed by atoms with E-state index in [-0.39, 0.29) is 22.7 Å². The van der Waals surface area contributed by atoms with Gasteiger partial charge in [-0.3, -0.25) is 4.79 Å². The molecule has 0 atom stereocenters. The number of hydrogen-bond donors (Lipinski definition) is 1. The van der Waals surface area contributed by atoms with Gasteiger partial charge in [0.25, 0.3) is 5.91 Å². The molecule has 0 saturated heterocycles. The number of nitrogens with one attached hydrogen (secondary N) is 1. The molecule has 0 saturated carbocycles. The summed E-state index contributed by atoms with van der Waals surface area (Å²) >= 11 is 1.19. The molecule has 0 spiro atoms. The Balaban J connectivity index is 2.01. The van der Waals surface area contributed by atoms with E-state index in [1.807, 2.05) is 6.92 Å². The first kappa shape index (κ1) is 24.4. The van der Waals surface area contributed by atoms with Crippen LogP contribution in [-0.2, 0) is 30.5 Å². The van der Waals surface area contributed by atoms with Crippen LogP contribution in [0, 0.1) is 0 Å². The Morgan fingerprint density at radius 2 is 1.71 bits per heavy atom.